The van der Waals surface area contributed by atoms with Gasteiger partial charge in [-0.05, 0) is 43.5 Å². The van der Waals surface area contributed by atoms with E-state index >= 15 is 0 Å². The monoisotopic (exact) mass is 285 g/mol. The zero-order valence-corrected chi connectivity index (χ0v) is 11.7. The molecule has 19 heavy (non-hydrogen) atoms. The number of unbranched alkanes of at least 4 members (excludes halogenated alkanes) is 1. The van der Waals surface area contributed by atoms with E-state index in [1.165, 1.54) is 6.07 Å². The number of nitrogens with one attached hydrogen (secondary N) is 1. The van der Waals surface area contributed by atoms with Crippen LogP contribution in [0.15, 0.2) is 23.1 Å². The van der Waals surface area contributed by atoms with Crippen molar-refractivity contribution in [3.8, 4) is 0 Å². The second-order valence-electron chi connectivity index (χ2n) is 4.40. The first-order valence-corrected chi connectivity index (χ1v) is 7.45. The standard InChI is InChI=1S/C12H19N3O3S/c1-9-6-10(13)8-11(7-9)19(17,18)15-5-3-2-4-12(14)16/h6-8,15H,2-5,13H2,1H3,(H2,14,16). The van der Waals surface area contributed by atoms with Crippen LogP contribution in [-0.2, 0) is 14.8 Å². The van der Waals surface area contributed by atoms with Gasteiger partial charge in [-0.2, -0.15) is 0 Å². The van der Waals surface area contributed by atoms with Crippen LogP contribution in [0.3, 0.4) is 0 Å². The van der Waals surface area contributed by atoms with E-state index in [-0.39, 0.29) is 23.8 Å². The van der Waals surface area contributed by atoms with Crippen molar-refractivity contribution in [2.24, 2.45) is 5.73 Å². The van der Waals surface area contributed by atoms with E-state index in [9.17, 15) is 13.2 Å². The number of nitrogen functional groups attached to an aromatic ring is 1. The summed E-state index contributed by atoms with van der Waals surface area (Å²) in [5.74, 6) is -0.380. The maximum Gasteiger partial charge on any atom is 0.240 e. The smallest absolute Gasteiger partial charge is 0.240 e. The van der Waals surface area contributed by atoms with Crippen molar-refractivity contribution >= 4 is 21.6 Å². The summed E-state index contributed by atoms with van der Waals surface area (Å²) >= 11 is 0. The van der Waals surface area contributed by atoms with Crippen LogP contribution >= 0.6 is 0 Å². The van der Waals surface area contributed by atoms with Crippen LogP contribution in [0, 0.1) is 6.92 Å². The molecule has 1 aromatic rings. The fourth-order valence-corrected chi connectivity index (χ4v) is 2.86. The Hall–Kier alpha value is -1.60. The summed E-state index contributed by atoms with van der Waals surface area (Å²) in [7, 11) is -3.55. The van der Waals surface area contributed by atoms with E-state index in [2.05, 4.69) is 4.72 Å². The van der Waals surface area contributed by atoms with E-state index in [1.807, 2.05) is 0 Å². The summed E-state index contributed by atoms with van der Waals surface area (Å²) in [6.45, 7) is 2.05. The summed E-state index contributed by atoms with van der Waals surface area (Å²) < 4.78 is 26.4. The lowest BCUT2D eigenvalue weighted by molar-refractivity contribution is -0.118. The lowest BCUT2D eigenvalue weighted by Gasteiger charge is -2.08. The third-order valence-corrected chi connectivity index (χ3v) is 3.97. The molecule has 1 aromatic carbocycles. The maximum atomic E-state index is 12.0. The molecule has 0 aliphatic carbocycles. The van der Waals surface area contributed by atoms with E-state index in [4.69, 9.17) is 11.5 Å². The van der Waals surface area contributed by atoms with E-state index in [1.54, 1.807) is 19.1 Å². The Labute approximate surface area is 113 Å². The summed E-state index contributed by atoms with van der Waals surface area (Å²) in [4.78, 5) is 10.7. The van der Waals surface area contributed by atoms with E-state index < -0.39 is 10.0 Å². The van der Waals surface area contributed by atoms with Crippen LogP contribution in [0.1, 0.15) is 24.8 Å². The Balaban J connectivity index is 2.58. The number of carbonyl (C=O) groups is 1. The molecule has 0 fully saturated rings. The number of primary amides is 1. The van der Waals surface area contributed by atoms with Crippen molar-refractivity contribution < 1.29 is 13.2 Å². The first-order chi connectivity index (χ1) is 8.81. The molecule has 0 radical (unpaired) electrons. The third-order valence-electron chi connectivity index (χ3n) is 2.53. The Kier molecular flexibility index (Phi) is 5.31. The number of nitrogens with two attached hydrogens (primary N) is 2. The number of hydrogen-bond acceptors (Lipinski definition) is 4. The number of rotatable bonds is 7. The quantitative estimate of drug-likeness (QED) is 0.500. The fraction of sp³-hybridized carbons (Fsp3) is 0.417. The van der Waals surface area contributed by atoms with Gasteiger partial charge in [0.1, 0.15) is 0 Å². The van der Waals surface area contributed by atoms with Crippen molar-refractivity contribution in [1.29, 1.82) is 0 Å². The van der Waals surface area contributed by atoms with Crippen molar-refractivity contribution in [2.45, 2.75) is 31.1 Å². The van der Waals surface area contributed by atoms with Crippen molar-refractivity contribution in [3.63, 3.8) is 0 Å². The molecule has 0 bridgehead atoms. The Morgan fingerprint density at radius 3 is 2.53 bits per heavy atom. The molecule has 0 heterocycles. The number of benzene rings is 1. The number of carbonyl (C=O) groups excluding carboxylic acids is 1. The Morgan fingerprint density at radius 1 is 1.26 bits per heavy atom. The SMILES string of the molecule is Cc1cc(N)cc(S(=O)(=O)NCCCCC(N)=O)c1. The highest BCUT2D eigenvalue weighted by Gasteiger charge is 2.14. The summed E-state index contributed by atoms with van der Waals surface area (Å²) in [6, 6.07) is 4.67. The van der Waals surface area contributed by atoms with Gasteiger partial charge < -0.3 is 11.5 Å². The fourth-order valence-electron chi connectivity index (χ4n) is 1.65. The van der Waals surface area contributed by atoms with Crippen molar-refractivity contribution in [1.82, 2.24) is 4.72 Å². The summed E-state index contributed by atoms with van der Waals surface area (Å²) in [5.41, 5.74) is 11.8. The topological polar surface area (TPSA) is 115 Å². The van der Waals surface area contributed by atoms with Crippen LogP contribution < -0.4 is 16.2 Å². The van der Waals surface area contributed by atoms with Gasteiger partial charge in [-0.3, -0.25) is 4.79 Å². The van der Waals surface area contributed by atoms with Crippen molar-refractivity contribution in [2.75, 3.05) is 12.3 Å². The van der Waals surface area contributed by atoms with Gasteiger partial charge in [-0.1, -0.05) is 0 Å². The number of sulfonamides is 1. The molecule has 0 unspecified atom stereocenters. The van der Waals surface area contributed by atoms with Crippen LogP contribution in [0.4, 0.5) is 5.69 Å². The normalized spacial score (nSPS) is 11.4. The van der Waals surface area contributed by atoms with Gasteiger partial charge in [-0.15, -0.1) is 0 Å². The minimum Gasteiger partial charge on any atom is -0.399 e. The molecule has 6 nitrogen and oxygen atoms in total. The summed E-state index contributed by atoms with van der Waals surface area (Å²) in [6.07, 6.45) is 1.39. The zero-order valence-electron chi connectivity index (χ0n) is 10.8. The lowest BCUT2D eigenvalue weighted by Crippen LogP contribution is -2.25. The maximum absolute atomic E-state index is 12.0. The van der Waals surface area contributed by atoms with Crippen LogP contribution in [-0.4, -0.2) is 20.9 Å². The Morgan fingerprint density at radius 2 is 1.95 bits per heavy atom. The lowest BCUT2D eigenvalue weighted by atomic mass is 10.2. The highest BCUT2D eigenvalue weighted by molar-refractivity contribution is 7.89. The molecule has 0 spiro atoms. The molecule has 1 rings (SSSR count). The highest BCUT2D eigenvalue weighted by Crippen LogP contribution is 2.16. The number of amides is 1. The molecule has 0 saturated carbocycles. The average Bonchev–Trinajstić information content (AvgIpc) is 2.26. The van der Waals surface area contributed by atoms with Crippen molar-refractivity contribution in [3.05, 3.63) is 23.8 Å². The molecule has 1 amide bonds. The molecule has 106 valence electrons. The predicted molar refractivity (Wildman–Crippen MR) is 73.8 cm³/mol. The van der Waals surface area contributed by atoms with Crippen LogP contribution in [0.2, 0.25) is 0 Å². The highest BCUT2D eigenvalue weighted by atomic mass is 32.2. The molecule has 0 aliphatic rings. The second-order valence-corrected chi connectivity index (χ2v) is 6.17. The average molecular weight is 285 g/mol. The zero-order chi connectivity index (χ0) is 14.5. The molecule has 5 N–H and O–H groups in total. The number of hydrogen-bond donors (Lipinski definition) is 3. The van der Waals surface area contributed by atoms with Gasteiger partial charge in [0.25, 0.3) is 0 Å². The van der Waals surface area contributed by atoms with E-state index in [0.717, 1.165) is 5.56 Å². The van der Waals surface area contributed by atoms with Gasteiger partial charge in [0.2, 0.25) is 15.9 Å². The molecule has 0 aromatic heterocycles. The molecular formula is C12H19N3O3S. The minimum atomic E-state index is -3.55. The molecule has 0 aliphatic heterocycles. The van der Waals surface area contributed by atoms with Crippen LogP contribution in [0.25, 0.3) is 0 Å². The van der Waals surface area contributed by atoms with Crippen LogP contribution in [0.5, 0.6) is 0 Å². The van der Waals surface area contributed by atoms with E-state index in [0.29, 0.717) is 18.5 Å². The second kappa shape index (κ2) is 6.53. The predicted octanol–water partition coefficient (Wildman–Crippen LogP) is 0.511. The number of anilines is 1. The summed E-state index contributed by atoms with van der Waals surface area (Å²) in [5, 5.41) is 0. The van der Waals surface area contributed by atoms with Gasteiger partial charge in [-0.25, -0.2) is 13.1 Å². The largest absolute Gasteiger partial charge is 0.399 e. The molecule has 0 saturated heterocycles. The van der Waals surface area contributed by atoms with Gasteiger partial charge >= 0.3 is 0 Å². The van der Waals surface area contributed by atoms with Gasteiger partial charge in [0.05, 0.1) is 4.90 Å². The first kappa shape index (κ1) is 15.5. The number of aryl methyl sites for hydroxylation is 1. The Bertz CT molecular complexity index is 535. The first-order valence-electron chi connectivity index (χ1n) is 5.96. The van der Waals surface area contributed by atoms with Gasteiger partial charge in [0.15, 0.2) is 0 Å². The molecule has 0 atom stereocenters. The molecular weight excluding hydrogens is 266 g/mol. The molecule has 7 heteroatoms. The van der Waals surface area contributed by atoms with Gasteiger partial charge in [0, 0.05) is 18.7 Å². The third kappa shape index (κ3) is 5.27. The minimum absolute atomic E-state index is 0.153.